The van der Waals surface area contributed by atoms with Gasteiger partial charge in [-0.15, -0.1) is 0 Å². The number of pyridine rings is 1. The van der Waals surface area contributed by atoms with E-state index in [0.717, 1.165) is 20.6 Å². The second-order valence-corrected chi connectivity index (χ2v) is 8.77. The molecule has 1 aromatic carbocycles. The number of benzene rings is 1. The molecule has 0 saturated carbocycles. The highest BCUT2D eigenvalue weighted by Gasteiger charge is 2.24. The maximum absolute atomic E-state index is 12.6. The summed E-state index contributed by atoms with van der Waals surface area (Å²) in [5.74, 6) is -0.740. The van der Waals surface area contributed by atoms with Crippen molar-refractivity contribution in [2.45, 2.75) is 18.7 Å². The van der Waals surface area contributed by atoms with E-state index in [-0.39, 0.29) is 20.5 Å². The van der Waals surface area contributed by atoms with Crippen molar-refractivity contribution in [2.75, 3.05) is 19.5 Å². The number of nitrogens with one attached hydrogen (secondary N) is 1. The van der Waals surface area contributed by atoms with Gasteiger partial charge in [-0.2, -0.15) is 0 Å². The Morgan fingerprint density at radius 2 is 1.69 bits per heavy atom. The van der Waals surface area contributed by atoms with Gasteiger partial charge < -0.3 is 0 Å². The molecule has 1 amide bonds. The van der Waals surface area contributed by atoms with E-state index in [1.54, 1.807) is 19.9 Å². The number of nitrogens with zero attached hydrogens (tertiary/aromatic N) is 2. The molecule has 2 aromatic rings. The maximum atomic E-state index is 12.6. The Labute approximate surface area is 161 Å². The van der Waals surface area contributed by atoms with Crippen molar-refractivity contribution in [3.05, 3.63) is 61.5 Å². The molecule has 140 valence electrons. The molecule has 7 nitrogen and oxygen atoms in total. The minimum atomic E-state index is -3.88. The molecule has 0 radical (unpaired) electrons. The third-order valence-electron chi connectivity index (χ3n) is 3.60. The number of carbonyl (C=O) groups is 1. The molecule has 10 heteroatoms. The smallest absolute Gasteiger partial charge is 0.267 e. The highest BCUT2D eigenvalue weighted by atomic mass is 35.5. The Bertz CT molecular complexity index is 1050. The number of aromatic nitrogens is 1. The average molecular weight is 418 g/mol. The summed E-state index contributed by atoms with van der Waals surface area (Å²) in [7, 11) is -1.20. The zero-order chi connectivity index (χ0) is 19.8. The van der Waals surface area contributed by atoms with E-state index >= 15 is 0 Å². The third kappa shape index (κ3) is 3.93. The van der Waals surface area contributed by atoms with E-state index < -0.39 is 21.5 Å². The fraction of sp³-hybridized carbons (Fsp3) is 0.250. The number of amides is 1. The summed E-state index contributed by atoms with van der Waals surface area (Å²) in [5, 5.41) is -0.146. The first-order chi connectivity index (χ1) is 11.9. The summed E-state index contributed by atoms with van der Waals surface area (Å²) in [6, 6.07) is 5.34. The number of hydrogen-bond donors (Lipinski definition) is 1. The van der Waals surface area contributed by atoms with Crippen LogP contribution in [-0.2, 0) is 10.0 Å². The molecule has 0 saturated heterocycles. The Morgan fingerprint density at radius 3 is 2.23 bits per heavy atom. The molecule has 26 heavy (non-hydrogen) atoms. The van der Waals surface area contributed by atoms with Crippen LogP contribution >= 0.6 is 23.2 Å². The van der Waals surface area contributed by atoms with Gasteiger partial charge in [-0.05, 0) is 37.6 Å². The Morgan fingerprint density at radius 1 is 1.08 bits per heavy atom. The molecule has 0 spiro atoms. The Hall–Kier alpha value is -1.87. The fourth-order valence-electron chi connectivity index (χ4n) is 2.27. The van der Waals surface area contributed by atoms with E-state index in [4.69, 9.17) is 23.2 Å². The second-order valence-electron chi connectivity index (χ2n) is 5.84. The van der Waals surface area contributed by atoms with Crippen LogP contribution in [0.5, 0.6) is 0 Å². The van der Waals surface area contributed by atoms with Gasteiger partial charge in [0.15, 0.2) is 0 Å². The third-order valence-corrected chi connectivity index (χ3v) is 6.19. The van der Waals surface area contributed by atoms with Crippen molar-refractivity contribution in [1.82, 2.24) is 8.98 Å². The van der Waals surface area contributed by atoms with Crippen LogP contribution in [0, 0.1) is 13.8 Å². The van der Waals surface area contributed by atoms with Crippen molar-refractivity contribution in [3.8, 4) is 0 Å². The molecule has 1 heterocycles. The van der Waals surface area contributed by atoms with E-state index in [9.17, 15) is 18.0 Å². The van der Waals surface area contributed by atoms with Gasteiger partial charge in [0.1, 0.15) is 4.90 Å². The second kappa shape index (κ2) is 7.40. The normalized spacial score (nSPS) is 11.7. The van der Waals surface area contributed by atoms with Crippen molar-refractivity contribution < 1.29 is 13.2 Å². The number of rotatable bonds is 4. The summed E-state index contributed by atoms with van der Waals surface area (Å²) in [6.07, 6.45) is 0. The number of hydrogen-bond acceptors (Lipinski definition) is 4. The molecule has 0 aliphatic rings. The van der Waals surface area contributed by atoms with Crippen molar-refractivity contribution in [1.29, 1.82) is 0 Å². The lowest BCUT2D eigenvalue weighted by atomic mass is 10.2. The first-order valence-electron chi connectivity index (χ1n) is 7.38. The molecular formula is C16H17Cl2N3O4S. The number of halogens is 2. The van der Waals surface area contributed by atoms with Crippen LogP contribution < -0.4 is 11.0 Å². The number of aryl methyl sites for hydroxylation is 2. The lowest BCUT2D eigenvalue weighted by Crippen LogP contribution is -2.34. The van der Waals surface area contributed by atoms with Crippen LogP contribution in [0.3, 0.4) is 0 Å². The van der Waals surface area contributed by atoms with E-state index in [2.05, 4.69) is 5.43 Å². The summed E-state index contributed by atoms with van der Waals surface area (Å²) < 4.78 is 26.7. The van der Waals surface area contributed by atoms with Gasteiger partial charge in [0.2, 0.25) is 10.0 Å². The largest absolute Gasteiger partial charge is 0.271 e. The molecule has 0 aliphatic carbocycles. The van der Waals surface area contributed by atoms with Crippen LogP contribution in [0.15, 0.2) is 34.0 Å². The summed E-state index contributed by atoms with van der Waals surface area (Å²) in [5.41, 5.74) is 3.13. The molecule has 2 rings (SSSR count). The van der Waals surface area contributed by atoms with Gasteiger partial charge in [-0.1, -0.05) is 23.2 Å². The molecule has 1 N–H and O–H groups in total. The van der Waals surface area contributed by atoms with E-state index in [0.29, 0.717) is 5.69 Å². The summed E-state index contributed by atoms with van der Waals surface area (Å²) in [6.45, 7) is 3.41. The molecule has 0 aliphatic heterocycles. The van der Waals surface area contributed by atoms with Gasteiger partial charge >= 0.3 is 0 Å². The van der Waals surface area contributed by atoms with Crippen LogP contribution in [0.2, 0.25) is 10.0 Å². The van der Waals surface area contributed by atoms with Crippen molar-refractivity contribution >= 4 is 39.1 Å². The zero-order valence-electron chi connectivity index (χ0n) is 14.5. The summed E-state index contributed by atoms with van der Waals surface area (Å²) >= 11 is 12.0. The van der Waals surface area contributed by atoms with Crippen LogP contribution in [0.1, 0.15) is 21.6 Å². The fourth-order valence-corrected chi connectivity index (χ4v) is 4.00. The van der Waals surface area contributed by atoms with E-state index in [1.807, 2.05) is 0 Å². The Balaban J connectivity index is 2.53. The Kier molecular flexibility index (Phi) is 5.82. The van der Waals surface area contributed by atoms with Crippen LogP contribution in [0.25, 0.3) is 0 Å². The first kappa shape index (κ1) is 20.4. The number of sulfonamides is 1. The van der Waals surface area contributed by atoms with Crippen LogP contribution in [0.4, 0.5) is 0 Å². The monoisotopic (exact) mass is 417 g/mol. The quantitative estimate of drug-likeness (QED) is 0.826. The van der Waals surface area contributed by atoms with Gasteiger partial charge in [0.25, 0.3) is 11.5 Å². The molecule has 0 unspecified atom stereocenters. The van der Waals surface area contributed by atoms with Crippen LogP contribution in [-0.4, -0.2) is 37.4 Å². The minimum absolute atomic E-state index is 0.0389. The topological polar surface area (TPSA) is 88.5 Å². The standard InChI is InChI=1S/C16H17Cl2N3O4S/c1-9-5-10(2)21(15(22)6-9)19-16(23)11-7-14(13(18)8-12(11)17)26(24,25)20(3)4/h5-8H,1-4H3,(H,19,23). The molecular weight excluding hydrogens is 401 g/mol. The molecule has 1 aromatic heterocycles. The predicted molar refractivity (Wildman–Crippen MR) is 101 cm³/mol. The highest BCUT2D eigenvalue weighted by molar-refractivity contribution is 7.89. The number of carbonyl (C=O) groups excluding carboxylic acids is 1. The van der Waals surface area contributed by atoms with Crippen molar-refractivity contribution in [2.24, 2.45) is 0 Å². The lowest BCUT2D eigenvalue weighted by molar-refractivity contribution is 0.101. The van der Waals surface area contributed by atoms with E-state index in [1.165, 1.54) is 26.2 Å². The zero-order valence-corrected chi connectivity index (χ0v) is 16.8. The molecule has 0 fully saturated rings. The molecule has 0 atom stereocenters. The average Bonchev–Trinajstić information content (AvgIpc) is 2.50. The summed E-state index contributed by atoms with van der Waals surface area (Å²) in [4.78, 5) is 24.4. The van der Waals surface area contributed by atoms with Gasteiger partial charge in [0.05, 0.1) is 15.6 Å². The first-order valence-corrected chi connectivity index (χ1v) is 9.58. The van der Waals surface area contributed by atoms with Gasteiger partial charge in [0, 0.05) is 25.9 Å². The van der Waals surface area contributed by atoms with Gasteiger partial charge in [-0.25, -0.2) is 17.4 Å². The minimum Gasteiger partial charge on any atom is -0.267 e. The maximum Gasteiger partial charge on any atom is 0.271 e. The highest BCUT2D eigenvalue weighted by Crippen LogP contribution is 2.30. The van der Waals surface area contributed by atoms with Crippen molar-refractivity contribution in [3.63, 3.8) is 0 Å². The van der Waals surface area contributed by atoms with Gasteiger partial charge in [-0.3, -0.25) is 15.0 Å². The SMILES string of the molecule is Cc1cc(C)n(NC(=O)c2cc(S(=O)(=O)N(C)C)c(Cl)cc2Cl)c(=O)c1. The lowest BCUT2D eigenvalue weighted by Gasteiger charge is -2.16. The predicted octanol–water partition coefficient (Wildman–Crippen LogP) is 2.41. The molecule has 0 bridgehead atoms.